The van der Waals surface area contributed by atoms with Crippen molar-refractivity contribution in [1.82, 2.24) is 19.4 Å². The number of benzene rings is 2. The Morgan fingerprint density at radius 2 is 1.77 bits per heavy atom. The summed E-state index contributed by atoms with van der Waals surface area (Å²) in [6, 6.07) is 14.4. The summed E-state index contributed by atoms with van der Waals surface area (Å²) in [5, 5.41) is 0. The van der Waals surface area contributed by atoms with Crippen molar-refractivity contribution < 1.29 is 18.3 Å². The predicted molar refractivity (Wildman–Crippen MR) is 108 cm³/mol. The number of para-hydroxylation sites is 1. The minimum Gasteiger partial charge on any atom is -0.434 e. The van der Waals surface area contributed by atoms with Gasteiger partial charge in [0.25, 0.3) is 5.91 Å². The molecule has 0 unspecified atom stereocenters. The Morgan fingerprint density at radius 3 is 2.43 bits per heavy atom. The van der Waals surface area contributed by atoms with Crippen LogP contribution in [-0.4, -0.2) is 58.0 Å². The number of rotatable bonds is 6. The maximum Gasteiger partial charge on any atom is 0.387 e. The molecule has 156 valence electrons. The number of nitrogens with zero attached hydrogens (tertiary/aromatic N) is 4. The summed E-state index contributed by atoms with van der Waals surface area (Å²) in [5.41, 5.74) is 2.41. The first-order valence-corrected chi connectivity index (χ1v) is 9.73. The predicted octanol–water partition coefficient (Wildman–Crippen LogP) is 3.43. The van der Waals surface area contributed by atoms with Crippen LogP contribution in [0.25, 0.3) is 5.69 Å². The van der Waals surface area contributed by atoms with E-state index in [-0.39, 0.29) is 17.2 Å². The molecule has 30 heavy (non-hydrogen) atoms. The second-order valence-corrected chi connectivity index (χ2v) is 7.08. The van der Waals surface area contributed by atoms with E-state index in [1.54, 1.807) is 29.6 Å². The van der Waals surface area contributed by atoms with E-state index in [0.717, 1.165) is 12.2 Å². The fraction of sp³-hybridized carbons (Fsp3) is 0.273. The van der Waals surface area contributed by atoms with E-state index in [1.807, 2.05) is 10.8 Å². The van der Waals surface area contributed by atoms with Gasteiger partial charge >= 0.3 is 6.61 Å². The molecule has 1 fully saturated rings. The van der Waals surface area contributed by atoms with E-state index in [4.69, 9.17) is 0 Å². The summed E-state index contributed by atoms with van der Waals surface area (Å²) in [7, 11) is 0. The van der Waals surface area contributed by atoms with Crippen LogP contribution in [0, 0.1) is 0 Å². The third kappa shape index (κ3) is 4.65. The molecule has 0 saturated carbocycles. The largest absolute Gasteiger partial charge is 0.434 e. The third-order valence-electron chi connectivity index (χ3n) is 5.14. The maximum absolute atomic E-state index is 12.8. The van der Waals surface area contributed by atoms with Crippen molar-refractivity contribution in [2.45, 2.75) is 13.2 Å². The van der Waals surface area contributed by atoms with Crippen LogP contribution in [0.3, 0.4) is 0 Å². The minimum absolute atomic E-state index is 0.0853. The van der Waals surface area contributed by atoms with Gasteiger partial charge in [0.15, 0.2) is 0 Å². The van der Waals surface area contributed by atoms with E-state index in [1.165, 1.54) is 17.7 Å². The van der Waals surface area contributed by atoms with Crippen LogP contribution >= 0.6 is 0 Å². The summed E-state index contributed by atoms with van der Waals surface area (Å²) in [4.78, 5) is 20.8. The van der Waals surface area contributed by atoms with Crippen molar-refractivity contribution >= 4 is 5.91 Å². The smallest absolute Gasteiger partial charge is 0.387 e. The first-order chi connectivity index (χ1) is 14.6. The molecule has 0 atom stereocenters. The van der Waals surface area contributed by atoms with E-state index >= 15 is 0 Å². The van der Waals surface area contributed by atoms with E-state index in [0.29, 0.717) is 26.2 Å². The van der Waals surface area contributed by atoms with Crippen LogP contribution in [0.2, 0.25) is 0 Å². The molecule has 0 N–H and O–H groups in total. The topological polar surface area (TPSA) is 50.6 Å². The zero-order valence-corrected chi connectivity index (χ0v) is 16.3. The van der Waals surface area contributed by atoms with Gasteiger partial charge < -0.3 is 14.2 Å². The monoisotopic (exact) mass is 412 g/mol. The molecule has 4 rings (SSSR count). The number of alkyl halides is 2. The lowest BCUT2D eigenvalue weighted by Crippen LogP contribution is -2.48. The molecular weight excluding hydrogens is 390 g/mol. The van der Waals surface area contributed by atoms with Crippen molar-refractivity contribution in [3.05, 3.63) is 78.4 Å². The molecule has 1 amide bonds. The quantitative estimate of drug-likeness (QED) is 0.623. The van der Waals surface area contributed by atoms with Crippen LogP contribution in [0.5, 0.6) is 5.75 Å². The summed E-state index contributed by atoms with van der Waals surface area (Å²) in [6.07, 6.45) is 5.40. The first-order valence-electron chi connectivity index (χ1n) is 9.73. The number of aromatic nitrogens is 2. The Bertz CT molecular complexity index is 969. The molecule has 0 aliphatic carbocycles. The Morgan fingerprint density at radius 1 is 1.03 bits per heavy atom. The molecule has 2 aromatic carbocycles. The molecule has 8 heteroatoms. The second kappa shape index (κ2) is 9.04. The Kier molecular flexibility index (Phi) is 6.04. The fourth-order valence-corrected chi connectivity index (χ4v) is 3.57. The molecule has 1 aliphatic rings. The van der Waals surface area contributed by atoms with Crippen molar-refractivity contribution in [3.8, 4) is 11.4 Å². The average molecular weight is 412 g/mol. The highest BCUT2D eigenvalue weighted by Gasteiger charge is 2.25. The molecule has 0 spiro atoms. The first kappa shape index (κ1) is 20.0. The third-order valence-corrected chi connectivity index (χ3v) is 5.14. The summed E-state index contributed by atoms with van der Waals surface area (Å²) >= 11 is 0. The number of carbonyl (C=O) groups is 1. The van der Waals surface area contributed by atoms with Gasteiger partial charge in [0.1, 0.15) is 5.75 Å². The van der Waals surface area contributed by atoms with Crippen LogP contribution in [-0.2, 0) is 6.54 Å². The molecule has 2 heterocycles. The minimum atomic E-state index is -2.96. The average Bonchev–Trinajstić information content (AvgIpc) is 3.29. The lowest BCUT2D eigenvalue weighted by Gasteiger charge is -2.35. The van der Waals surface area contributed by atoms with Crippen LogP contribution < -0.4 is 4.74 Å². The van der Waals surface area contributed by atoms with Gasteiger partial charge in [-0.25, -0.2) is 4.98 Å². The highest BCUT2D eigenvalue weighted by atomic mass is 19.3. The summed E-state index contributed by atoms with van der Waals surface area (Å²) in [5.74, 6) is -0.367. The Hall–Kier alpha value is -3.26. The van der Waals surface area contributed by atoms with Crippen molar-refractivity contribution in [1.29, 1.82) is 0 Å². The number of hydrogen-bond acceptors (Lipinski definition) is 4. The lowest BCUT2D eigenvalue weighted by atomic mass is 10.1. The molecular formula is C22H22F2N4O2. The number of imidazole rings is 1. The molecule has 1 aliphatic heterocycles. The van der Waals surface area contributed by atoms with Gasteiger partial charge in [-0.2, -0.15) is 8.78 Å². The summed E-state index contributed by atoms with van der Waals surface area (Å²) < 4.78 is 31.7. The molecule has 0 radical (unpaired) electrons. The molecule has 1 aromatic heterocycles. The molecule has 0 bridgehead atoms. The van der Waals surface area contributed by atoms with Gasteiger partial charge in [0, 0.05) is 50.8 Å². The number of carbonyl (C=O) groups excluding carboxylic acids is 1. The lowest BCUT2D eigenvalue weighted by molar-refractivity contribution is -0.0503. The highest BCUT2D eigenvalue weighted by molar-refractivity contribution is 5.97. The van der Waals surface area contributed by atoms with Crippen LogP contribution in [0.1, 0.15) is 15.9 Å². The fourth-order valence-electron chi connectivity index (χ4n) is 3.57. The summed E-state index contributed by atoms with van der Waals surface area (Å²) in [6.45, 7) is 0.331. The molecule has 3 aromatic rings. The normalized spacial score (nSPS) is 14.8. The van der Waals surface area contributed by atoms with E-state index in [2.05, 4.69) is 38.9 Å². The van der Waals surface area contributed by atoms with Gasteiger partial charge in [0.05, 0.1) is 11.9 Å². The van der Waals surface area contributed by atoms with Crippen molar-refractivity contribution in [3.63, 3.8) is 0 Å². The maximum atomic E-state index is 12.8. The van der Waals surface area contributed by atoms with Crippen LogP contribution in [0.15, 0.2) is 67.3 Å². The zero-order chi connectivity index (χ0) is 20.9. The number of halogens is 2. The Balaban J connectivity index is 1.33. The van der Waals surface area contributed by atoms with Crippen LogP contribution in [0.4, 0.5) is 8.78 Å². The second-order valence-electron chi connectivity index (χ2n) is 7.08. The number of piperazine rings is 1. The molecule has 1 saturated heterocycles. The van der Waals surface area contributed by atoms with Crippen molar-refractivity contribution in [2.75, 3.05) is 26.2 Å². The van der Waals surface area contributed by atoms with E-state index in [9.17, 15) is 13.6 Å². The highest BCUT2D eigenvalue weighted by Crippen LogP contribution is 2.23. The number of amides is 1. The SMILES string of the molecule is O=C(c1ccccc1OC(F)F)N1CCN(Cc2ccc(-n3ccnc3)cc2)CC1. The number of ether oxygens (including phenoxy) is 1. The molecule has 6 nitrogen and oxygen atoms in total. The van der Waals surface area contributed by atoms with E-state index < -0.39 is 6.61 Å². The zero-order valence-electron chi connectivity index (χ0n) is 16.3. The Labute approximate surface area is 173 Å². The van der Waals surface area contributed by atoms with Gasteiger partial charge in [-0.05, 0) is 29.8 Å². The van der Waals surface area contributed by atoms with Crippen molar-refractivity contribution in [2.24, 2.45) is 0 Å². The number of hydrogen-bond donors (Lipinski definition) is 0. The van der Waals surface area contributed by atoms with Gasteiger partial charge in [-0.1, -0.05) is 24.3 Å². The van der Waals surface area contributed by atoms with Gasteiger partial charge in [-0.15, -0.1) is 0 Å². The van der Waals surface area contributed by atoms with Gasteiger partial charge in [-0.3, -0.25) is 9.69 Å². The standard InChI is InChI=1S/C22H22F2N4O2/c23-22(24)30-20-4-2-1-3-19(20)21(29)27-13-11-26(12-14-27)15-17-5-7-18(8-6-17)28-10-9-25-16-28/h1-10,16,22H,11-15H2. The van der Waals surface area contributed by atoms with Gasteiger partial charge in [0.2, 0.25) is 0 Å².